The molecule has 1 aromatic heterocycles. The van der Waals surface area contributed by atoms with Gasteiger partial charge in [-0.3, -0.25) is 0 Å². The molecule has 0 saturated heterocycles. The molecule has 3 rings (SSSR count). The quantitative estimate of drug-likeness (QED) is 0.703. The number of halogens is 2. The van der Waals surface area contributed by atoms with Crippen LogP contribution in [0.3, 0.4) is 0 Å². The maximum atomic E-state index is 6.00. The fourth-order valence-electron chi connectivity index (χ4n) is 1.73. The molecule has 2 aromatic carbocycles. The Bertz CT molecular complexity index is 741. The van der Waals surface area contributed by atoms with Crippen LogP contribution in [0.5, 0.6) is 5.75 Å². The number of hydrogen-bond acceptors (Lipinski definition) is 4. The first-order valence-electron chi connectivity index (χ1n) is 6.18. The van der Waals surface area contributed by atoms with Crippen LogP contribution in [-0.4, -0.2) is 10.1 Å². The third-order valence-electron chi connectivity index (χ3n) is 2.76. The summed E-state index contributed by atoms with van der Waals surface area (Å²) in [6.07, 6.45) is 0. The highest BCUT2D eigenvalue weighted by molar-refractivity contribution is 6.32. The van der Waals surface area contributed by atoms with Gasteiger partial charge in [0.1, 0.15) is 5.75 Å². The summed E-state index contributed by atoms with van der Waals surface area (Å²) in [5.41, 5.74) is 0.826. The van der Waals surface area contributed by atoms with E-state index in [2.05, 4.69) is 10.1 Å². The molecule has 0 radical (unpaired) electrons. The summed E-state index contributed by atoms with van der Waals surface area (Å²) < 4.78 is 10.7. The Hall–Kier alpha value is -2.04. The summed E-state index contributed by atoms with van der Waals surface area (Å²) >= 11 is 11.8. The number of hydrogen-bond donors (Lipinski definition) is 0. The lowest BCUT2D eigenvalue weighted by atomic mass is 10.2. The Morgan fingerprint density at radius 3 is 2.52 bits per heavy atom. The molecule has 0 atom stereocenters. The van der Waals surface area contributed by atoms with E-state index in [1.165, 1.54) is 0 Å². The first kappa shape index (κ1) is 13.9. The van der Waals surface area contributed by atoms with Crippen molar-refractivity contribution in [3.8, 4) is 17.1 Å². The van der Waals surface area contributed by atoms with Crippen molar-refractivity contribution in [1.29, 1.82) is 0 Å². The summed E-state index contributed by atoms with van der Waals surface area (Å²) in [5, 5.41) is 5.10. The Balaban J connectivity index is 1.71. The molecule has 0 amide bonds. The van der Waals surface area contributed by atoms with Crippen molar-refractivity contribution in [1.82, 2.24) is 10.1 Å². The summed E-state index contributed by atoms with van der Waals surface area (Å²) in [7, 11) is 0. The van der Waals surface area contributed by atoms with Gasteiger partial charge in [-0.2, -0.15) is 4.98 Å². The van der Waals surface area contributed by atoms with Gasteiger partial charge in [-0.05, 0) is 36.4 Å². The molecule has 3 aromatic rings. The summed E-state index contributed by atoms with van der Waals surface area (Å²) in [4.78, 5) is 4.27. The number of para-hydroxylation sites is 1. The minimum atomic E-state index is 0.157. The first-order chi connectivity index (χ1) is 10.2. The van der Waals surface area contributed by atoms with Crippen LogP contribution in [0.1, 0.15) is 5.89 Å². The van der Waals surface area contributed by atoms with Crippen molar-refractivity contribution in [2.45, 2.75) is 6.61 Å². The molecule has 0 aliphatic rings. The number of rotatable bonds is 4. The Morgan fingerprint density at radius 1 is 1.00 bits per heavy atom. The van der Waals surface area contributed by atoms with Crippen molar-refractivity contribution in [2.75, 3.05) is 0 Å². The zero-order chi connectivity index (χ0) is 14.7. The van der Waals surface area contributed by atoms with Crippen LogP contribution in [0.4, 0.5) is 0 Å². The molecule has 0 unspecified atom stereocenters. The molecule has 1 heterocycles. The highest BCUT2D eigenvalue weighted by Gasteiger charge is 2.10. The van der Waals surface area contributed by atoms with Crippen LogP contribution in [0.25, 0.3) is 11.4 Å². The first-order valence-corrected chi connectivity index (χ1v) is 6.94. The molecule has 21 heavy (non-hydrogen) atoms. The standard InChI is InChI=1S/C15H10Cl2N2O2/c16-11-7-5-10(6-8-11)15-18-14(21-19-15)9-20-13-4-2-1-3-12(13)17/h1-8H,9H2. The van der Waals surface area contributed by atoms with Gasteiger partial charge in [-0.25, -0.2) is 0 Å². The molecule has 0 aliphatic carbocycles. The largest absolute Gasteiger partial charge is 0.482 e. The normalized spacial score (nSPS) is 10.6. The van der Waals surface area contributed by atoms with E-state index in [1.54, 1.807) is 24.3 Å². The monoisotopic (exact) mass is 320 g/mol. The molecule has 0 fully saturated rings. The van der Waals surface area contributed by atoms with Gasteiger partial charge < -0.3 is 9.26 Å². The SMILES string of the molecule is Clc1ccc(-c2noc(COc3ccccc3Cl)n2)cc1. The zero-order valence-electron chi connectivity index (χ0n) is 10.8. The van der Waals surface area contributed by atoms with Gasteiger partial charge in [-0.15, -0.1) is 0 Å². The summed E-state index contributed by atoms with van der Waals surface area (Å²) in [6.45, 7) is 0.157. The Morgan fingerprint density at radius 2 is 1.76 bits per heavy atom. The lowest BCUT2D eigenvalue weighted by Gasteiger charge is -2.04. The maximum absolute atomic E-state index is 6.00. The second kappa shape index (κ2) is 6.16. The minimum Gasteiger partial charge on any atom is -0.482 e. The van der Waals surface area contributed by atoms with Gasteiger partial charge in [0.15, 0.2) is 6.61 Å². The minimum absolute atomic E-state index is 0.157. The molecule has 106 valence electrons. The van der Waals surface area contributed by atoms with E-state index in [0.29, 0.717) is 27.5 Å². The van der Waals surface area contributed by atoms with Crippen LogP contribution < -0.4 is 4.74 Å². The van der Waals surface area contributed by atoms with Gasteiger partial charge in [0, 0.05) is 10.6 Å². The van der Waals surface area contributed by atoms with Gasteiger partial charge in [0.05, 0.1) is 5.02 Å². The lowest BCUT2D eigenvalue weighted by molar-refractivity contribution is 0.243. The van der Waals surface area contributed by atoms with Crippen LogP contribution >= 0.6 is 23.2 Å². The second-order valence-electron chi connectivity index (χ2n) is 4.24. The van der Waals surface area contributed by atoms with Crippen LogP contribution in [0, 0.1) is 0 Å². The van der Waals surface area contributed by atoms with Crippen LogP contribution in [0.2, 0.25) is 10.0 Å². The predicted molar refractivity (Wildman–Crippen MR) is 80.5 cm³/mol. The van der Waals surface area contributed by atoms with Crippen LogP contribution in [-0.2, 0) is 6.61 Å². The molecule has 0 spiro atoms. The van der Waals surface area contributed by atoms with Crippen molar-refractivity contribution in [3.63, 3.8) is 0 Å². The predicted octanol–water partition coefficient (Wildman–Crippen LogP) is 4.62. The topological polar surface area (TPSA) is 48.2 Å². The number of ether oxygens (including phenoxy) is 1. The lowest BCUT2D eigenvalue weighted by Crippen LogP contribution is -1.96. The van der Waals surface area contributed by atoms with E-state index >= 15 is 0 Å². The smallest absolute Gasteiger partial charge is 0.264 e. The third kappa shape index (κ3) is 3.35. The van der Waals surface area contributed by atoms with E-state index in [4.69, 9.17) is 32.5 Å². The van der Waals surface area contributed by atoms with Gasteiger partial charge in [-0.1, -0.05) is 40.5 Å². The number of nitrogens with zero attached hydrogens (tertiary/aromatic N) is 2. The molecule has 0 bridgehead atoms. The highest BCUT2D eigenvalue weighted by Crippen LogP contribution is 2.24. The average molecular weight is 321 g/mol. The summed E-state index contributed by atoms with van der Waals surface area (Å²) in [5.74, 6) is 1.44. The van der Waals surface area contributed by atoms with Crippen LogP contribution in [0.15, 0.2) is 53.1 Å². The van der Waals surface area contributed by atoms with Gasteiger partial charge in [0.2, 0.25) is 5.82 Å². The van der Waals surface area contributed by atoms with Crippen molar-refractivity contribution >= 4 is 23.2 Å². The zero-order valence-corrected chi connectivity index (χ0v) is 12.3. The molecule has 0 aliphatic heterocycles. The van der Waals surface area contributed by atoms with Crippen molar-refractivity contribution in [3.05, 3.63) is 64.5 Å². The average Bonchev–Trinajstić information content (AvgIpc) is 2.96. The Labute approximate surface area is 131 Å². The van der Waals surface area contributed by atoms with E-state index in [0.717, 1.165) is 5.56 Å². The van der Waals surface area contributed by atoms with Gasteiger partial charge in [0.25, 0.3) is 5.89 Å². The van der Waals surface area contributed by atoms with Gasteiger partial charge >= 0.3 is 0 Å². The highest BCUT2D eigenvalue weighted by atomic mass is 35.5. The van der Waals surface area contributed by atoms with Crippen molar-refractivity contribution < 1.29 is 9.26 Å². The molecule has 0 N–H and O–H groups in total. The molecule has 0 saturated carbocycles. The fourth-order valence-corrected chi connectivity index (χ4v) is 2.05. The molecular formula is C15H10Cl2N2O2. The third-order valence-corrected chi connectivity index (χ3v) is 3.32. The maximum Gasteiger partial charge on any atom is 0.264 e. The molecule has 4 nitrogen and oxygen atoms in total. The second-order valence-corrected chi connectivity index (χ2v) is 5.08. The molecule has 6 heteroatoms. The Kier molecular flexibility index (Phi) is 4.08. The fraction of sp³-hybridized carbons (Fsp3) is 0.0667. The summed E-state index contributed by atoms with van der Waals surface area (Å²) in [6, 6.07) is 14.4. The number of aromatic nitrogens is 2. The van der Waals surface area contributed by atoms with E-state index < -0.39 is 0 Å². The van der Waals surface area contributed by atoms with E-state index in [9.17, 15) is 0 Å². The van der Waals surface area contributed by atoms with E-state index in [-0.39, 0.29) is 6.61 Å². The number of benzene rings is 2. The van der Waals surface area contributed by atoms with E-state index in [1.807, 2.05) is 24.3 Å². The van der Waals surface area contributed by atoms with Crippen molar-refractivity contribution in [2.24, 2.45) is 0 Å². The molecular weight excluding hydrogens is 311 g/mol.